The first-order valence-corrected chi connectivity index (χ1v) is 11.2. The quantitative estimate of drug-likeness (QED) is 0.342. The molecule has 0 radical (unpaired) electrons. The lowest BCUT2D eigenvalue weighted by atomic mass is 10.2. The Kier molecular flexibility index (Phi) is 7.27. The van der Waals surface area contributed by atoms with Gasteiger partial charge in [0.15, 0.2) is 0 Å². The standard InChI is InChI=1S/C26H27N3O5/c1-3-32-24(30)14-11-21-16-29(28-25(21)31)15-19-9-12-22(13-10-19)33-17-23-18(2)34-26(27-23)20-7-5-4-6-8-20/h4-10,12-13,16H,3,11,14-15,17H2,1-2H3,(H,28,31). The van der Waals surface area contributed by atoms with E-state index in [1.54, 1.807) is 17.8 Å². The summed E-state index contributed by atoms with van der Waals surface area (Å²) in [5, 5.41) is 14.2. The summed E-state index contributed by atoms with van der Waals surface area (Å²) >= 11 is 0. The summed E-state index contributed by atoms with van der Waals surface area (Å²) in [6, 6.07) is 17.4. The lowest BCUT2D eigenvalue weighted by Crippen LogP contribution is -2.05. The summed E-state index contributed by atoms with van der Waals surface area (Å²) in [6.07, 6.45) is 2.33. The van der Waals surface area contributed by atoms with Crippen LogP contribution in [0.15, 0.2) is 65.2 Å². The first-order chi connectivity index (χ1) is 16.5. The summed E-state index contributed by atoms with van der Waals surface area (Å²) in [5.74, 6) is 1.67. The van der Waals surface area contributed by atoms with Crippen LogP contribution in [0.25, 0.3) is 11.5 Å². The molecular formula is C26H27N3O5. The van der Waals surface area contributed by atoms with E-state index < -0.39 is 0 Å². The fraction of sp³-hybridized carbons (Fsp3) is 0.269. The van der Waals surface area contributed by atoms with Crippen LogP contribution in [0.3, 0.4) is 0 Å². The number of aromatic hydroxyl groups is 1. The van der Waals surface area contributed by atoms with Gasteiger partial charge in [-0.05, 0) is 50.1 Å². The fourth-order valence-corrected chi connectivity index (χ4v) is 3.48. The van der Waals surface area contributed by atoms with E-state index in [4.69, 9.17) is 13.9 Å². The average molecular weight is 462 g/mol. The molecule has 0 aliphatic heterocycles. The molecule has 4 rings (SSSR count). The van der Waals surface area contributed by atoms with Crippen molar-refractivity contribution in [2.45, 2.75) is 39.8 Å². The number of carbonyl (C=O) groups excluding carboxylic acids is 1. The SMILES string of the molecule is CCOC(=O)CCc1cn(Cc2ccc(OCc3nc(-c4ccccc4)oc3C)cc2)nc1O. The average Bonchev–Trinajstić information content (AvgIpc) is 3.39. The van der Waals surface area contributed by atoms with Gasteiger partial charge in [0, 0.05) is 23.7 Å². The molecule has 0 atom stereocenters. The second kappa shape index (κ2) is 10.7. The topological polar surface area (TPSA) is 99.6 Å². The molecule has 0 saturated carbocycles. The summed E-state index contributed by atoms with van der Waals surface area (Å²) in [4.78, 5) is 16.1. The minimum absolute atomic E-state index is 0.0675. The monoisotopic (exact) mass is 461 g/mol. The van der Waals surface area contributed by atoms with Gasteiger partial charge in [-0.1, -0.05) is 30.3 Å². The fourth-order valence-electron chi connectivity index (χ4n) is 3.48. The van der Waals surface area contributed by atoms with E-state index in [9.17, 15) is 9.90 Å². The van der Waals surface area contributed by atoms with Crippen molar-refractivity contribution in [3.05, 3.63) is 83.4 Å². The molecule has 2 heterocycles. The zero-order valence-electron chi connectivity index (χ0n) is 19.2. The molecule has 0 fully saturated rings. The molecule has 0 saturated heterocycles. The van der Waals surface area contributed by atoms with E-state index in [1.165, 1.54) is 0 Å². The van der Waals surface area contributed by atoms with Crippen molar-refractivity contribution in [2.75, 3.05) is 6.61 Å². The molecule has 0 amide bonds. The van der Waals surface area contributed by atoms with Crippen LogP contribution in [0.2, 0.25) is 0 Å². The highest BCUT2D eigenvalue weighted by Gasteiger charge is 2.13. The first kappa shape index (κ1) is 23.1. The van der Waals surface area contributed by atoms with Crippen molar-refractivity contribution < 1.29 is 23.8 Å². The van der Waals surface area contributed by atoms with Gasteiger partial charge in [0.25, 0.3) is 0 Å². The van der Waals surface area contributed by atoms with E-state index in [-0.39, 0.29) is 18.3 Å². The van der Waals surface area contributed by atoms with Gasteiger partial charge >= 0.3 is 5.97 Å². The number of esters is 1. The number of nitrogens with zero attached hydrogens (tertiary/aromatic N) is 3. The van der Waals surface area contributed by atoms with Crippen LogP contribution in [-0.4, -0.2) is 32.4 Å². The maximum absolute atomic E-state index is 11.5. The minimum Gasteiger partial charge on any atom is -0.492 e. The van der Waals surface area contributed by atoms with Crippen LogP contribution in [0, 0.1) is 6.92 Å². The Morgan fingerprint density at radius 1 is 1.12 bits per heavy atom. The third-order valence-electron chi connectivity index (χ3n) is 5.28. The number of hydrogen-bond donors (Lipinski definition) is 1. The second-order valence-corrected chi connectivity index (χ2v) is 7.80. The number of ether oxygens (including phenoxy) is 2. The number of benzene rings is 2. The van der Waals surface area contributed by atoms with Crippen LogP contribution in [0.1, 0.15) is 35.9 Å². The maximum Gasteiger partial charge on any atom is 0.306 e. The highest BCUT2D eigenvalue weighted by molar-refractivity contribution is 5.69. The summed E-state index contributed by atoms with van der Waals surface area (Å²) in [6.45, 7) is 4.77. The van der Waals surface area contributed by atoms with E-state index >= 15 is 0 Å². The molecule has 8 heteroatoms. The maximum atomic E-state index is 11.5. The lowest BCUT2D eigenvalue weighted by Gasteiger charge is -2.06. The van der Waals surface area contributed by atoms with Crippen LogP contribution >= 0.6 is 0 Å². The smallest absolute Gasteiger partial charge is 0.306 e. The van der Waals surface area contributed by atoms with Gasteiger partial charge < -0.3 is 19.0 Å². The summed E-state index contributed by atoms with van der Waals surface area (Å²) in [7, 11) is 0. The molecule has 176 valence electrons. The number of rotatable bonds is 10. The number of carbonyl (C=O) groups is 1. The highest BCUT2D eigenvalue weighted by Crippen LogP contribution is 2.23. The van der Waals surface area contributed by atoms with Crippen LogP contribution in [0.5, 0.6) is 11.6 Å². The highest BCUT2D eigenvalue weighted by atomic mass is 16.5. The summed E-state index contributed by atoms with van der Waals surface area (Å²) in [5.41, 5.74) is 3.29. The van der Waals surface area contributed by atoms with E-state index in [2.05, 4.69) is 10.1 Å². The molecular weight excluding hydrogens is 434 g/mol. The molecule has 8 nitrogen and oxygen atoms in total. The first-order valence-electron chi connectivity index (χ1n) is 11.2. The van der Waals surface area contributed by atoms with E-state index in [0.29, 0.717) is 43.4 Å². The molecule has 0 bridgehead atoms. The number of oxazole rings is 1. The van der Waals surface area contributed by atoms with Gasteiger partial charge in [-0.25, -0.2) is 4.98 Å². The van der Waals surface area contributed by atoms with E-state index in [1.807, 2.05) is 61.5 Å². The Morgan fingerprint density at radius 3 is 2.62 bits per heavy atom. The van der Waals surface area contributed by atoms with Crippen LogP contribution < -0.4 is 4.74 Å². The van der Waals surface area contributed by atoms with E-state index in [0.717, 1.165) is 22.6 Å². The predicted molar refractivity (Wildman–Crippen MR) is 125 cm³/mol. The Balaban J connectivity index is 1.32. The Hall–Kier alpha value is -4.07. The van der Waals surface area contributed by atoms with Crippen LogP contribution in [-0.2, 0) is 29.1 Å². The molecule has 4 aromatic rings. The van der Waals surface area contributed by atoms with Crippen molar-refractivity contribution >= 4 is 5.97 Å². The molecule has 1 N–H and O–H groups in total. The van der Waals surface area contributed by atoms with Crippen molar-refractivity contribution in [1.82, 2.24) is 14.8 Å². The molecule has 2 aromatic carbocycles. The molecule has 34 heavy (non-hydrogen) atoms. The molecule has 0 spiro atoms. The Bertz CT molecular complexity index is 1230. The van der Waals surface area contributed by atoms with Crippen LogP contribution in [0.4, 0.5) is 0 Å². The zero-order valence-corrected chi connectivity index (χ0v) is 19.2. The van der Waals surface area contributed by atoms with Gasteiger partial charge in [0.1, 0.15) is 23.8 Å². The van der Waals surface area contributed by atoms with Gasteiger partial charge in [-0.15, -0.1) is 5.10 Å². The second-order valence-electron chi connectivity index (χ2n) is 7.80. The molecule has 2 aromatic heterocycles. The van der Waals surface area contributed by atoms with Crippen molar-refractivity contribution in [3.8, 4) is 23.1 Å². The van der Waals surface area contributed by atoms with Crippen molar-refractivity contribution in [1.29, 1.82) is 0 Å². The minimum atomic E-state index is -0.289. The third kappa shape index (κ3) is 5.83. The number of aromatic nitrogens is 3. The summed E-state index contributed by atoms with van der Waals surface area (Å²) < 4.78 is 18.3. The number of aryl methyl sites for hydroxylation is 2. The van der Waals surface area contributed by atoms with Crippen molar-refractivity contribution in [3.63, 3.8) is 0 Å². The largest absolute Gasteiger partial charge is 0.492 e. The van der Waals surface area contributed by atoms with Gasteiger partial charge in [0.2, 0.25) is 11.8 Å². The molecule has 0 unspecified atom stereocenters. The van der Waals surface area contributed by atoms with Gasteiger partial charge in [-0.3, -0.25) is 9.48 Å². The predicted octanol–water partition coefficient (Wildman–Crippen LogP) is 4.68. The lowest BCUT2D eigenvalue weighted by molar-refractivity contribution is -0.143. The molecule has 0 aliphatic rings. The van der Waals surface area contributed by atoms with Gasteiger partial charge in [0.05, 0.1) is 13.2 Å². The zero-order chi connectivity index (χ0) is 23.9. The van der Waals surface area contributed by atoms with Gasteiger partial charge in [-0.2, -0.15) is 0 Å². The Labute approximate surface area is 197 Å². The normalized spacial score (nSPS) is 10.9. The molecule has 0 aliphatic carbocycles. The van der Waals surface area contributed by atoms with Crippen molar-refractivity contribution in [2.24, 2.45) is 0 Å². The Morgan fingerprint density at radius 2 is 1.88 bits per heavy atom. The number of hydrogen-bond acceptors (Lipinski definition) is 7. The third-order valence-corrected chi connectivity index (χ3v) is 5.28.